The molecule has 2 heterocycles. The molecule has 0 aliphatic rings. The summed E-state index contributed by atoms with van der Waals surface area (Å²) in [7, 11) is 5.48. The van der Waals surface area contributed by atoms with Crippen LogP contribution in [0.5, 0.6) is 5.75 Å². The Morgan fingerprint density at radius 2 is 2.04 bits per heavy atom. The number of nitrogens with one attached hydrogen (secondary N) is 1. The van der Waals surface area contributed by atoms with E-state index in [1.54, 1.807) is 13.4 Å². The number of hydrogen-bond donors (Lipinski definition) is 1. The fourth-order valence-electron chi connectivity index (χ4n) is 2.53. The summed E-state index contributed by atoms with van der Waals surface area (Å²) in [5, 5.41) is 11.3. The van der Waals surface area contributed by atoms with E-state index in [0.717, 1.165) is 17.1 Å². The number of nitrogens with zero attached hydrogens (tertiary/aromatic N) is 3. The Morgan fingerprint density at radius 1 is 1.25 bits per heavy atom. The number of rotatable bonds is 9. The van der Waals surface area contributed by atoms with Crippen LogP contribution in [0.25, 0.3) is 11.5 Å². The summed E-state index contributed by atoms with van der Waals surface area (Å²) < 4.78 is 16.2. The van der Waals surface area contributed by atoms with E-state index in [-0.39, 0.29) is 17.7 Å². The summed E-state index contributed by atoms with van der Waals surface area (Å²) in [5.41, 5.74) is 0.789. The predicted octanol–water partition coefficient (Wildman–Crippen LogP) is 2.85. The van der Waals surface area contributed by atoms with E-state index in [4.69, 9.17) is 13.6 Å². The maximum absolute atomic E-state index is 12.2. The van der Waals surface area contributed by atoms with Crippen molar-refractivity contribution in [3.63, 3.8) is 0 Å². The molecule has 8 nitrogen and oxygen atoms in total. The van der Waals surface area contributed by atoms with Crippen LogP contribution in [-0.4, -0.2) is 54.5 Å². The first-order valence-electron chi connectivity index (χ1n) is 8.64. The molecule has 3 aromatic rings. The molecule has 1 atom stereocenters. The SMILES string of the molecule is COc1ccc(-c2nnc(SCC(=O)NCC(c3ccco3)N(C)C)o2)cc1. The standard InChI is InChI=1S/C19H22N4O4S/c1-23(2)15(16-5-4-10-26-16)11-20-17(24)12-28-19-22-21-18(27-19)13-6-8-14(25-3)9-7-13/h4-10,15H,11-12H2,1-3H3,(H,20,24). The van der Waals surface area contributed by atoms with E-state index < -0.39 is 0 Å². The van der Waals surface area contributed by atoms with Crippen molar-refractivity contribution in [2.24, 2.45) is 0 Å². The Morgan fingerprint density at radius 3 is 2.68 bits per heavy atom. The zero-order chi connectivity index (χ0) is 19.9. The third-order valence-corrected chi connectivity index (χ3v) is 4.88. The zero-order valence-corrected chi connectivity index (χ0v) is 16.7. The van der Waals surface area contributed by atoms with Gasteiger partial charge in [-0.15, -0.1) is 10.2 Å². The molecule has 2 aromatic heterocycles. The van der Waals surface area contributed by atoms with Crippen molar-refractivity contribution in [2.75, 3.05) is 33.5 Å². The molecule has 0 fully saturated rings. The molecule has 1 amide bonds. The first-order chi connectivity index (χ1) is 13.6. The molecule has 0 radical (unpaired) electrons. The quantitative estimate of drug-likeness (QED) is 0.546. The van der Waals surface area contributed by atoms with Crippen molar-refractivity contribution >= 4 is 17.7 Å². The molecule has 148 valence electrons. The van der Waals surface area contributed by atoms with Gasteiger partial charge in [0.25, 0.3) is 5.22 Å². The second kappa shape index (κ2) is 9.43. The maximum atomic E-state index is 12.2. The zero-order valence-electron chi connectivity index (χ0n) is 15.9. The van der Waals surface area contributed by atoms with E-state index in [1.165, 1.54) is 11.8 Å². The summed E-state index contributed by atoms with van der Waals surface area (Å²) in [6.45, 7) is 0.445. The van der Waals surface area contributed by atoms with Crippen molar-refractivity contribution in [3.8, 4) is 17.2 Å². The monoisotopic (exact) mass is 402 g/mol. The molecular formula is C19H22N4O4S. The van der Waals surface area contributed by atoms with E-state index in [0.29, 0.717) is 17.7 Å². The lowest BCUT2D eigenvalue weighted by molar-refractivity contribution is -0.118. The van der Waals surface area contributed by atoms with E-state index in [2.05, 4.69) is 15.5 Å². The predicted molar refractivity (Wildman–Crippen MR) is 105 cm³/mol. The van der Waals surface area contributed by atoms with Gasteiger partial charge in [-0.2, -0.15) is 0 Å². The highest BCUT2D eigenvalue weighted by atomic mass is 32.2. The van der Waals surface area contributed by atoms with Crippen molar-refractivity contribution in [3.05, 3.63) is 48.4 Å². The number of hydrogen-bond acceptors (Lipinski definition) is 8. The number of likely N-dealkylation sites (N-methyl/N-ethyl adjacent to an activating group) is 1. The van der Waals surface area contributed by atoms with Gasteiger partial charge in [-0.05, 0) is 50.5 Å². The number of amides is 1. The van der Waals surface area contributed by atoms with Gasteiger partial charge in [0.1, 0.15) is 11.5 Å². The Labute approximate surface area is 167 Å². The van der Waals surface area contributed by atoms with Gasteiger partial charge in [-0.25, -0.2) is 0 Å². The van der Waals surface area contributed by atoms with Crippen LogP contribution >= 0.6 is 11.8 Å². The Kier molecular flexibility index (Phi) is 6.72. The number of thioether (sulfide) groups is 1. The molecule has 0 bridgehead atoms. The maximum Gasteiger partial charge on any atom is 0.277 e. The van der Waals surface area contributed by atoms with Crippen LogP contribution in [0, 0.1) is 0 Å². The van der Waals surface area contributed by atoms with Crippen LogP contribution < -0.4 is 10.1 Å². The van der Waals surface area contributed by atoms with Crippen molar-refractivity contribution in [1.82, 2.24) is 20.4 Å². The highest BCUT2D eigenvalue weighted by molar-refractivity contribution is 7.99. The number of carbonyl (C=O) groups excluding carboxylic acids is 1. The molecular weight excluding hydrogens is 380 g/mol. The van der Waals surface area contributed by atoms with Crippen LogP contribution in [0.1, 0.15) is 11.8 Å². The molecule has 1 unspecified atom stereocenters. The highest BCUT2D eigenvalue weighted by Crippen LogP contribution is 2.25. The first-order valence-corrected chi connectivity index (χ1v) is 9.62. The molecule has 1 aromatic carbocycles. The van der Waals surface area contributed by atoms with E-state index >= 15 is 0 Å². The van der Waals surface area contributed by atoms with Gasteiger partial charge in [-0.3, -0.25) is 9.69 Å². The lowest BCUT2D eigenvalue weighted by atomic mass is 10.2. The molecule has 0 aliphatic carbocycles. The van der Waals surface area contributed by atoms with Gasteiger partial charge in [-0.1, -0.05) is 11.8 Å². The molecule has 0 aliphatic heterocycles. The van der Waals surface area contributed by atoms with Gasteiger partial charge in [0.2, 0.25) is 11.8 Å². The van der Waals surface area contributed by atoms with Gasteiger partial charge >= 0.3 is 0 Å². The normalized spacial score (nSPS) is 12.1. The van der Waals surface area contributed by atoms with Crippen molar-refractivity contribution in [2.45, 2.75) is 11.3 Å². The number of furan rings is 1. The van der Waals surface area contributed by atoms with Crippen LogP contribution in [0.2, 0.25) is 0 Å². The summed E-state index contributed by atoms with van der Waals surface area (Å²) in [6, 6.07) is 11.0. The van der Waals surface area contributed by atoms with Crippen LogP contribution in [0.4, 0.5) is 0 Å². The third kappa shape index (κ3) is 5.14. The van der Waals surface area contributed by atoms with E-state index in [9.17, 15) is 4.79 Å². The topological polar surface area (TPSA) is 93.6 Å². The minimum atomic E-state index is -0.118. The number of methoxy groups -OCH3 is 1. The second-order valence-corrected chi connectivity index (χ2v) is 7.12. The number of benzene rings is 1. The molecule has 0 spiro atoms. The van der Waals surface area contributed by atoms with Crippen LogP contribution in [-0.2, 0) is 4.79 Å². The number of carbonyl (C=O) groups is 1. The second-order valence-electron chi connectivity index (χ2n) is 6.19. The van der Waals surface area contributed by atoms with Crippen molar-refractivity contribution in [1.29, 1.82) is 0 Å². The fourth-order valence-corrected chi connectivity index (χ4v) is 3.12. The Bertz CT molecular complexity index is 878. The minimum Gasteiger partial charge on any atom is -0.497 e. The molecule has 0 saturated heterocycles. The number of ether oxygens (including phenoxy) is 1. The van der Waals surface area contributed by atoms with Gasteiger partial charge < -0.3 is 18.9 Å². The lowest BCUT2D eigenvalue weighted by Gasteiger charge is -2.22. The summed E-state index contributed by atoms with van der Waals surface area (Å²) >= 11 is 1.20. The largest absolute Gasteiger partial charge is 0.497 e. The van der Waals surface area contributed by atoms with Gasteiger partial charge in [0.15, 0.2) is 0 Å². The molecule has 1 N–H and O–H groups in total. The smallest absolute Gasteiger partial charge is 0.277 e. The van der Waals surface area contributed by atoms with Crippen molar-refractivity contribution < 1.29 is 18.4 Å². The van der Waals surface area contributed by atoms with E-state index in [1.807, 2.05) is 55.4 Å². The minimum absolute atomic E-state index is 0.0333. The summed E-state index contributed by atoms with van der Waals surface area (Å²) in [6.07, 6.45) is 1.62. The Hall–Kier alpha value is -2.78. The van der Waals surface area contributed by atoms with Crippen LogP contribution in [0.15, 0.2) is 56.7 Å². The fraction of sp³-hybridized carbons (Fsp3) is 0.316. The Balaban J connectivity index is 1.50. The average molecular weight is 402 g/mol. The first kappa shape index (κ1) is 20.0. The number of aromatic nitrogens is 2. The average Bonchev–Trinajstić information content (AvgIpc) is 3.39. The molecule has 0 saturated carbocycles. The third-order valence-electron chi connectivity index (χ3n) is 4.06. The highest BCUT2D eigenvalue weighted by Gasteiger charge is 2.18. The molecule has 3 rings (SSSR count). The van der Waals surface area contributed by atoms with Crippen LogP contribution in [0.3, 0.4) is 0 Å². The van der Waals surface area contributed by atoms with Gasteiger partial charge in [0, 0.05) is 12.1 Å². The lowest BCUT2D eigenvalue weighted by Crippen LogP contribution is -2.35. The van der Waals surface area contributed by atoms with Gasteiger partial charge in [0.05, 0.1) is 25.2 Å². The molecule has 9 heteroatoms. The molecule has 28 heavy (non-hydrogen) atoms. The summed E-state index contributed by atoms with van der Waals surface area (Å²) in [4.78, 5) is 14.2. The summed E-state index contributed by atoms with van der Waals surface area (Å²) in [5.74, 6) is 2.02.